The predicted octanol–water partition coefficient (Wildman–Crippen LogP) is 6.80. The van der Waals surface area contributed by atoms with Crippen LogP contribution in [0.2, 0.25) is 5.02 Å². The Bertz CT molecular complexity index is 736. The fourth-order valence-corrected chi connectivity index (χ4v) is 4.56. The highest BCUT2D eigenvalue weighted by Gasteiger charge is 2.15. The lowest BCUT2D eigenvalue weighted by Gasteiger charge is -2.10. The number of fused-ring (bicyclic) bond motifs is 1. The van der Waals surface area contributed by atoms with Gasteiger partial charge in [-0.05, 0) is 46.0 Å². The Labute approximate surface area is 137 Å². The van der Waals surface area contributed by atoms with Gasteiger partial charge in [0.05, 0.1) is 9.85 Å². The summed E-state index contributed by atoms with van der Waals surface area (Å²) in [4.78, 5) is 1.30. The molecule has 0 spiro atoms. The van der Waals surface area contributed by atoms with Crippen molar-refractivity contribution >= 4 is 65.6 Å². The molecule has 4 heteroatoms. The maximum Gasteiger partial charge on any atom is 0.0753 e. The van der Waals surface area contributed by atoms with Crippen LogP contribution in [0.3, 0.4) is 0 Å². The Kier molecular flexibility index (Phi) is 3.99. The minimum atomic E-state index is 0.146. The number of benzene rings is 2. The van der Waals surface area contributed by atoms with E-state index in [9.17, 15) is 0 Å². The van der Waals surface area contributed by atoms with Crippen molar-refractivity contribution in [1.29, 1.82) is 0 Å². The number of rotatable bonds is 2. The smallest absolute Gasteiger partial charge is 0.0753 e. The second-order valence-corrected chi connectivity index (χ2v) is 7.43. The van der Waals surface area contributed by atoms with Crippen LogP contribution in [0.5, 0.6) is 0 Å². The summed E-state index contributed by atoms with van der Waals surface area (Å²) in [5, 5.41) is 5.31. The molecule has 0 N–H and O–H groups in total. The fourth-order valence-electron chi connectivity index (χ4n) is 2.03. The number of alkyl halides is 1. The van der Waals surface area contributed by atoms with Crippen LogP contribution in [0.1, 0.15) is 15.3 Å². The van der Waals surface area contributed by atoms with E-state index in [1.165, 1.54) is 16.3 Å². The number of thiophene rings is 1. The van der Waals surface area contributed by atoms with E-state index >= 15 is 0 Å². The summed E-state index contributed by atoms with van der Waals surface area (Å²) >= 11 is 15.1. The Balaban J connectivity index is 2.06. The van der Waals surface area contributed by atoms with Crippen LogP contribution in [0.25, 0.3) is 10.8 Å². The highest BCUT2D eigenvalue weighted by atomic mass is 79.9. The first kappa shape index (κ1) is 13.6. The van der Waals surface area contributed by atoms with Gasteiger partial charge in [-0.1, -0.05) is 61.7 Å². The molecular weight excluding hydrogens is 407 g/mol. The molecule has 0 saturated carbocycles. The molecule has 0 amide bonds. The van der Waals surface area contributed by atoms with Gasteiger partial charge in [0.2, 0.25) is 0 Å². The van der Waals surface area contributed by atoms with Gasteiger partial charge in [-0.3, -0.25) is 0 Å². The molecule has 3 aromatic rings. The van der Waals surface area contributed by atoms with Crippen LogP contribution in [-0.2, 0) is 0 Å². The normalized spacial score (nSPS) is 12.8. The van der Waals surface area contributed by atoms with Gasteiger partial charge in [0.15, 0.2) is 0 Å². The molecule has 0 aliphatic heterocycles. The highest BCUT2D eigenvalue weighted by molar-refractivity contribution is 9.10. The molecule has 19 heavy (non-hydrogen) atoms. The molecule has 0 fully saturated rings. The van der Waals surface area contributed by atoms with Crippen LogP contribution in [0.15, 0.2) is 52.3 Å². The minimum absolute atomic E-state index is 0.146. The van der Waals surface area contributed by atoms with E-state index in [-0.39, 0.29) is 4.83 Å². The molecule has 1 heterocycles. The first-order chi connectivity index (χ1) is 9.15. The quantitative estimate of drug-likeness (QED) is 0.403. The van der Waals surface area contributed by atoms with Crippen LogP contribution in [0, 0.1) is 0 Å². The van der Waals surface area contributed by atoms with Crippen LogP contribution >= 0.6 is 54.8 Å². The number of hydrogen-bond acceptors (Lipinski definition) is 1. The molecular formula is C15H9Br2ClS. The molecule has 96 valence electrons. The fraction of sp³-hybridized carbons (Fsp3) is 0.0667. The average molecular weight is 417 g/mol. The summed E-state index contributed by atoms with van der Waals surface area (Å²) in [5.41, 5.74) is 1.22. The van der Waals surface area contributed by atoms with E-state index < -0.39 is 0 Å². The molecule has 1 aromatic heterocycles. The van der Waals surface area contributed by atoms with Crippen molar-refractivity contribution in [3.8, 4) is 0 Å². The Hall–Kier alpha value is -0.350. The second-order valence-electron chi connectivity index (χ2n) is 4.25. The van der Waals surface area contributed by atoms with Crippen molar-refractivity contribution in [1.82, 2.24) is 0 Å². The lowest BCUT2D eigenvalue weighted by molar-refractivity contribution is 1.23. The molecule has 1 unspecified atom stereocenters. The van der Waals surface area contributed by atoms with E-state index in [0.29, 0.717) is 0 Å². The lowest BCUT2D eigenvalue weighted by Crippen LogP contribution is -1.90. The third-order valence-electron chi connectivity index (χ3n) is 2.99. The largest absolute Gasteiger partial charge is 0.146 e. The van der Waals surface area contributed by atoms with Crippen LogP contribution in [0.4, 0.5) is 0 Å². The monoisotopic (exact) mass is 414 g/mol. The zero-order chi connectivity index (χ0) is 13.4. The number of halogens is 3. The molecule has 0 aliphatic carbocycles. The van der Waals surface area contributed by atoms with Gasteiger partial charge in [-0.25, -0.2) is 0 Å². The molecule has 1 atom stereocenters. The predicted molar refractivity (Wildman–Crippen MR) is 91.7 cm³/mol. The lowest BCUT2D eigenvalue weighted by atomic mass is 10.0. The van der Waals surface area contributed by atoms with E-state index in [4.69, 9.17) is 11.6 Å². The van der Waals surface area contributed by atoms with Crippen molar-refractivity contribution in [3.63, 3.8) is 0 Å². The van der Waals surface area contributed by atoms with Crippen molar-refractivity contribution in [2.75, 3.05) is 0 Å². The van der Waals surface area contributed by atoms with Gasteiger partial charge in [0.1, 0.15) is 0 Å². The SMILES string of the molecule is Clc1ccsc1C(Br)c1ccc2cc(Br)ccc2c1. The molecule has 0 aliphatic rings. The summed E-state index contributed by atoms with van der Waals surface area (Å²) in [6.45, 7) is 0. The first-order valence-electron chi connectivity index (χ1n) is 5.71. The second kappa shape index (κ2) is 5.57. The third kappa shape index (κ3) is 2.75. The first-order valence-corrected chi connectivity index (χ1v) is 8.68. The Morgan fingerprint density at radius 3 is 2.47 bits per heavy atom. The van der Waals surface area contributed by atoms with E-state index in [2.05, 4.69) is 68.3 Å². The maximum atomic E-state index is 6.20. The molecule has 3 rings (SSSR count). The Morgan fingerprint density at radius 1 is 1.00 bits per heavy atom. The maximum absolute atomic E-state index is 6.20. The van der Waals surface area contributed by atoms with Crippen molar-refractivity contribution in [2.24, 2.45) is 0 Å². The van der Waals surface area contributed by atoms with Crippen molar-refractivity contribution in [2.45, 2.75) is 4.83 Å². The van der Waals surface area contributed by atoms with Gasteiger partial charge in [-0.15, -0.1) is 11.3 Å². The zero-order valence-corrected chi connectivity index (χ0v) is 14.5. The molecule has 0 radical (unpaired) electrons. The molecule has 0 bridgehead atoms. The van der Waals surface area contributed by atoms with Gasteiger partial charge in [0.25, 0.3) is 0 Å². The van der Waals surface area contributed by atoms with Crippen LogP contribution in [-0.4, -0.2) is 0 Å². The summed E-state index contributed by atoms with van der Waals surface area (Å²) < 4.78 is 1.10. The average Bonchev–Trinajstić information content (AvgIpc) is 2.83. The topological polar surface area (TPSA) is 0 Å². The molecule has 0 saturated heterocycles. The van der Waals surface area contributed by atoms with Crippen molar-refractivity contribution < 1.29 is 0 Å². The standard InChI is InChI=1S/C15H9Br2ClS/c16-12-4-3-9-7-11(2-1-10(9)8-12)14(17)15-13(18)5-6-19-15/h1-8,14H. The van der Waals surface area contributed by atoms with E-state index in [1.807, 2.05) is 11.4 Å². The van der Waals surface area contributed by atoms with E-state index in [0.717, 1.165) is 14.4 Å². The molecule has 0 nitrogen and oxygen atoms in total. The zero-order valence-electron chi connectivity index (χ0n) is 9.74. The van der Waals surface area contributed by atoms with Gasteiger partial charge in [-0.2, -0.15) is 0 Å². The van der Waals surface area contributed by atoms with Crippen LogP contribution < -0.4 is 0 Å². The minimum Gasteiger partial charge on any atom is -0.146 e. The summed E-state index contributed by atoms with van der Waals surface area (Å²) in [7, 11) is 0. The summed E-state index contributed by atoms with van der Waals surface area (Å²) in [5.74, 6) is 0. The molecule has 2 aromatic carbocycles. The van der Waals surface area contributed by atoms with Crippen molar-refractivity contribution in [3.05, 3.63) is 67.8 Å². The van der Waals surface area contributed by atoms with Gasteiger partial charge < -0.3 is 0 Å². The third-order valence-corrected chi connectivity index (χ3v) is 6.20. The summed E-state index contributed by atoms with van der Waals surface area (Å²) in [6.07, 6.45) is 0. The highest BCUT2D eigenvalue weighted by Crippen LogP contribution is 2.39. The van der Waals surface area contributed by atoms with Gasteiger partial charge in [0, 0.05) is 9.35 Å². The van der Waals surface area contributed by atoms with Gasteiger partial charge >= 0.3 is 0 Å². The summed E-state index contributed by atoms with van der Waals surface area (Å²) in [6, 6.07) is 14.7. The van der Waals surface area contributed by atoms with E-state index in [1.54, 1.807) is 11.3 Å². The number of hydrogen-bond donors (Lipinski definition) is 0. The Morgan fingerprint density at radius 2 is 1.74 bits per heavy atom.